The molecule has 1 N–H and O–H groups in total. The van der Waals surface area contributed by atoms with Crippen molar-refractivity contribution in [1.29, 1.82) is 0 Å². The topological polar surface area (TPSA) is 35.6 Å². The Balaban J connectivity index is 1.93. The molecule has 5 heteroatoms. The van der Waals surface area contributed by atoms with Gasteiger partial charge in [0.2, 0.25) is 0 Å². The summed E-state index contributed by atoms with van der Waals surface area (Å²) in [5, 5.41) is 2.89. The molecule has 1 fully saturated rings. The first-order chi connectivity index (χ1) is 10.4. The molecule has 0 unspecified atom stereocenters. The molecule has 0 aliphatic carbocycles. The lowest BCUT2D eigenvalue weighted by molar-refractivity contribution is 0.202. The molecule has 1 heterocycles. The van der Waals surface area contributed by atoms with Crippen molar-refractivity contribution in [2.45, 2.75) is 26.4 Å². The third-order valence-corrected chi connectivity index (χ3v) is 4.47. The third kappa shape index (κ3) is 3.97. The minimum atomic E-state index is -0.277. The summed E-state index contributed by atoms with van der Waals surface area (Å²) in [5.41, 5.74) is 0.775. The van der Waals surface area contributed by atoms with E-state index >= 15 is 0 Å². The molecule has 1 saturated heterocycles. The summed E-state index contributed by atoms with van der Waals surface area (Å²) < 4.78 is 13.1. The number of hydrogen-bond donors (Lipinski definition) is 1. The number of halogens is 1. The Morgan fingerprint density at radius 2 is 2.14 bits per heavy atom. The highest BCUT2D eigenvalue weighted by molar-refractivity contribution is 5.74. The van der Waals surface area contributed by atoms with Crippen LogP contribution >= 0.6 is 0 Å². The van der Waals surface area contributed by atoms with Gasteiger partial charge < -0.3 is 15.1 Å². The second-order valence-corrected chi connectivity index (χ2v) is 6.63. The molecule has 0 aromatic heterocycles. The molecule has 1 aliphatic heterocycles. The number of likely N-dealkylation sites (N-methyl/N-ethyl adjacent to an activating group) is 1. The maximum atomic E-state index is 13.1. The molecular formula is C17H26FN3O. The van der Waals surface area contributed by atoms with Gasteiger partial charge in [0.05, 0.1) is 0 Å². The highest BCUT2D eigenvalue weighted by Crippen LogP contribution is 2.27. The van der Waals surface area contributed by atoms with E-state index in [9.17, 15) is 9.18 Å². The van der Waals surface area contributed by atoms with Crippen molar-refractivity contribution >= 4 is 6.03 Å². The first kappa shape index (κ1) is 16.7. The maximum absolute atomic E-state index is 13.1. The van der Waals surface area contributed by atoms with Crippen molar-refractivity contribution in [1.82, 2.24) is 15.1 Å². The Bertz CT molecular complexity index is 502. The van der Waals surface area contributed by atoms with E-state index in [1.165, 1.54) is 12.1 Å². The van der Waals surface area contributed by atoms with Crippen molar-refractivity contribution in [2.75, 3.05) is 27.2 Å². The number of benzene rings is 1. The zero-order valence-electron chi connectivity index (χ0n) is 13.8. The molecule has 0 spiro atoms. The predicted octanol–water partition coefficient (Wildman–Crippen LogP) is 2.55. The second-order valence-electron chi connectivity index (χ2n) is 6.63. The Hall–Kier alpha value is -1.62. The van der Waals surface area contributed by atoms with E-state index in [-0.39, 0.29) is 11.8 Å². The molecule has 2 rings (SSSR count). The zero-order chi connectivity index (χ0) is 16.3. The molecular weight excluding hydrogens is 281 g/mol. The molecule has 0 radical (unpaired) electrons. The summed E-state index contributed by atoms with van der Waals surface area (Å²) in [6, 6.07) is 6.64. The number of likely N-dealkylation sites (tertiary alicyclic amines) is 1. The first-order valence-electron chi connectivity index (χ1n) is 7.82. The molecule has 1 aliphatic rings. The van der Waals surface area contributed by atoms with Crippen LogP contribution in [-0.2, 0) is 6.54 Å². The number of urea groups is 1. The fourth-order valence-electron chi connectivity index (χ4n) is 3.12. The smallest absolute Gasteiger partial charge is 0.317 e. The monoisotopic (exact) mass is 307 g/mol. The number of hydrogen-bond acceptors (Lipinski definition) is 2. The molecule has 1 aromatic rings. The Labute approximate surface area is 132 Å². The minimum absolute atomic E-state index is 0.0701. The number of nitrogens with one attached hydrogen (secondary N) is 1. The van der Waals surface area contributed by atoms with Crippen molar-refractivity contribution in [3.8, 4) is 0 Å². The lowest BCUT2D eigenvalue weighted by atomic mass is 9.91. The summed E-state index contributed by atoms with van der Waals surface area (Å²) >= 11 is 0. The number of carbonyl (C=O) groups excluding carboxylic acids is 1. The fourth-order valence-corrected chi connectivity index (χ4v) is 3.12. The Morgan fingerprint density at radius 1 is 1.41 bits per heavy atom. The fraction of sp³-hybridized carbons (Fsp3) is 0.588. The highest BCUT2D eigenvalue weighted by Gasteiger charge is 2.37. The third-order valence-electron chi connectivity index (χ3n) is 4.47. The van der Waals surface area contributed by atoms with Crippen LogP contribution in [0.2, 0.25) is 0 Å². The highest BCUT2D eigenvalue weighted by atomic mass is 19.1. The van der Waals surface area contributed by atoms with Crippen LogP contribution in [0.5, 0.6) is 0 Å². The summed E-state index contributed by atoms with van der Waals surface area (Å²) in [6.07, 6.45) is 0. The SMILES string of the molecule is CC(C)[C@@H]1CN(C(=O)NCc2cccc(F)c2)C[C@H]1N(C)C. The van der Waals surface area contributed by atoms with E-state index < -0.39 is 0 Å². The van der Waals surface area contributed by atoms with Gasteiger partial charge in [0.1, 0.15) is 5.82 Å². The quantitative estimate of drug-likeness (QED) is 0.928. The van der Waals surface area contributed by atoms with Crippen LogP contribution in [0.15, 0.2) is 24.3 Å². The van der Waals surface area contributed by atoms with Gasteiger partial charge in [0.15, 0.2) is 0 Å². The molecule has 0 bridgehead atoms. The molecule has 1 aromatic carbocycles. The standard InChI is InChI=1S/C17H26FN3O/c1-12(2)15-10-21(11-16(15)20(3)4)17(22)19-9-13-6-5-7-14(18)8-13/h5-8,12,15-16H,9-11H2,1-4H3,(H,19,22)/t15-,16+/m0/s1. The lowest BCUT2D eigenvalue weighted by Gasteiger charge is -2.27. The van der Waals surface area contributed by atoms with Gasteiger partial charge in [-0.15, -0.1) is 0 Å². The van der Waals surface area contributed by atoms with E-state index in [0.29, 0.717) is 24.4 Å². The van der Waals surface area contributed by atoms with Crippen LogP contribution in [0.1, 0.15) is 19.4 Å². The molecule has 22 heavy (non-hydrogen) atoms. The minimum Gasteiger partial charge on any atom is -0.334 e. The molecule has 4 nitrogen and oxygen atoms in total. The molecule has 122 valence electrons. The maximum Gasteiger partial charge on any atom is 0.317 e. The summed E-state index contributed by atoms with van der Waals surface area (Å²) in [4.78, 5) is 16.4. The second kappa shape index (κ2) is 7.09. The largest absolute Gasteiger partial charge is 0.334 e. The van der Waals surface area contributed by atoms with Crippen molar-refractivity contribution in [3.63, 3.8) is 0 Å². The average molecular weight is 307 g/mol. The van der Waals surface area contributed by atoms with E-state index in [0.717, 1.165) is 18.7 Å². The molecule has 2 atom stereocenters. The van der Waals surface area contributed by atoms with Crippen LogP contribution < -0.4 is 5.32 Å². The van der Waals surface area contributed by atoms with Crippen LogP contribution in [-0.4, -0.2) is 49.1 Å². The van der Waals surface area contributed by atoms with Gasteiger partial charge in [-0.3, -0.25) is 0 Å². The predicted molar refractivity (Wildman–Crippen MR) is 86.0 cm³/mol. The molecule has 0 saturated carbocycles. The van der Waals surface area contributed by atoms with Gasteiger partial charge in [-0.25, -0.2) is 9.18 Å². The van der Waals surface area contributed by atoms with Crippen LogP contribution in [0, 0.1) is 17.7 Å². The number of amides is 2. The summed E-state index contributed by atoms with van der Waals surface area (Å²) in [5.74, 6) is 0.740. The van der Waals surface area contributed by atoms with Gasteiger partial charge in [-0.05, 0) is 43.6 Å². The van der Waals surface area contributed by atoms with Crippen LogP contribution in [0.25, 0.3) is 0 Å². The van der Waals surface area contributed by atoms with Gasteiger partial charge in [0, 0.05) is 25.7 Å². The van der Waals surface area contributed by atoms with Gasteiger partial charge in [-0.2, -0.15) is 0 Å². The lowest BCUT2D eigenvalue weighted by Crippen LogP contribution is -2.40. The van der Waals surface area contributed by atoms with Crippen LogP contribution in [0.4, 0.5) is 9.18 Å². The average Bonchev–Trinajstić information content (AvgIpc) is 2.90. The van der Waals surface area contributed by atoms with Crippen LogP contribution in [0.3, 0.4) is 0 Å². The normalized spacial score (nSPS) is 21.7. The van der Waals surface area contributed by atoms with E-state index in [1.54, 1.807) is 6.07 Å². The van der Waals surface area contributed by atoms with Gasteiger partial charge >= 0.3 is 6.03 Å². The van der Waals surface area contributed by atoms with E-state index in [1.807, 2.05) is 11.0 Å². The first-order valence-corrected chi connectivity index (χ1v) is 7.82. The molecule has 2 amide bonds. The van der Waals surface area contributed by atoms with E-state index in [2.05, 4.69) is 38.2 Å². The summed E-state index contributed by atoms with van der Waals surface area (Å²) in [7, 11) is 4.13. The van der Waals surface area contributed by atoms with Crippen molar-refractivity contribution in [2.24, 2.45) is 11.8 Å². The van der Waals surface area contributed by atoms with Gasteiger partial charge in [-0.1, -0.05) is 26.0 Å². The van der Waals surface area contributed by atoms with Crippen molar-refractivity contribution < 1.29 is 9.18 Å². The number of rotatable bonds is 4. The Kier molecular flexibility index (Phi) is 5.40. The Morgan fingerprint density at radius 3 is 2.68 bits per heavy atom. The van der Waals surface area contributed by atoms with Gasteiger partial charge in [0.25, 0.3) is 0 Å². The number of carbonyl (C=O) groups is 1. The van der Waals surface area contributed by atoms with E-state index in [4.69, 9.17) is 0 Å². The van der Waals surface area contributed by atoms with Crippen molar-refractivity contribution in [3.05, 3.63) is 35.6 Å². The summed E-state index contributed by atoms with van der Waals surface area (Å²) in [6.45, 7) is 6.27. The number of nitrogens with zero attached hydrogens (tertiary/aromatic N) is 2. The zero-order valence-corrected chi connectivity index (χ0v) is 13.8.